The molecule has 0 bridgehead atoms. The highest BCUT2D eigenvalue weighted by molar-refractivity contribution is 7.91. The molecule has 0 aliphatic carbocycles. The van der Waals surface area contributed by atoms with Gasteiger partial charge in [0.25, 0.3) is 0 Å². The van der Waals surface area contributed by atoms with E-state index in [9.17, 15) is 13.2 Å². The monoisotopic (exact) mass is 389 g/mol. The van der Waals surface area contributed by atoms with Crippen LogP contribution in [0.4, 0.5) is 0 Å². The van der Waals surface area contributed by atoms with Crippen molar-refractivity contribution in [2.24, 2.45) is 0 Å². The predicted octanol–water partition coefficient (Wildman–Crippen LogP) is 3.59. The Morgan fingerprint density at radius 2 is 1.96 bits per heavy atom. The minimum Gasteiger partial charge on any atom is -0.330 e. The number of sulfone groups is 1. The van der Waals surface area contributed by atoms with Crippen molar-refractivity contribution in [2.45, 2.75) is 32.9 Å². The van der Waals surface area contributed by atoms with E-state index < -0.39 is 9.84 Å². The van der Waals surface area contributed by atoms with Crippen molar-refractivity contribution in [3.05, 3.63) is 63.4 Å². The molecule has 1 aliphatic rings. The molecule has 0 saturated carbocycles. The summed E-state index contributed by atoms with van der Waals surface area (Å²) < 4.78 is 23.8. The number of nitrogens with zero attached hydrogens (tertiary/aromatic N) is 1. The Labute approximate surface area is 159 Å². The minimum atomic E-state index is -3.05. The Morgan fingerprint density at radius 3 is 2.54 bits per heavy atom. The minimum absolute atomic E-state index is 0.0571. The maximum absolute atomic E-state index is 12.9. The highest BCUT2D eigenvalue weighted by Crippen LogP contribution is 2.24. The number of thiophene rings is 1. The van der Waals surface area contributed by atoms with Gasteiger partial charge in [-0.1, -0.05) is 29.8 Å². The summed E-state index contributed by atoms with van der Waals surface area (Å²) in [7, 11) is -3.05. The highest BCUT2D eigenvalue weighted by Gasteiger charge is 2.34. The molecule has 3 rings (SSSR count). The average Bonchev–Trinajstić information content (AvgIpc) is 3.16. The zero-order valence-corrected chi connectivity index (χ0v) is 16.6. The first kappa shape index (κ1) is 18.9. The molecule has 1 amide bonds. The van der Waals surface area contributed by atoms with Gasteiger partial charge in [0.1, 0.15) is 0 Å². The van der Waals surface area contributed by atoms with Crippen molar-refractivity contribution in [3.8, 4) is 0 Å². The molecule has 1 atom stereocenters. The van der Waals surface area contributed by atoms with Crippen LogP contribution in [0.2, 0.25) is 0 Å². The van der Waals surface area contributed by atoms with Gasteiger partial charge in [0, 0.05) is 17.0 Å². The summed E-state index contributed by atoms with van der Waals surface area (Å²) in [6.45, 7) is 4.49. The maximum Gasteiger partial charge on any atom is 0.247 e. The molecule has 1 aliphatic heterocycles. The molecule has 0 spiro atoms. The topological polar surface area (TPSA) is 54.5 Å². The van der Waals surface area contributed by atoms with Crippen LogP contribution in [0.15, 0.2) is 41.8 Å². The van der Waals surface area contributed by atoms with Gasteiger partial charge in [-0.2, -0.15) is 0 Å². The van der Waals surface area contributed by atoms with Gasteiger partial charge in [-0.25, -0.2) is 8.42 Å². The quantitative estimate of drug-likeness (QED) is 0.734. The Bertz CT molecular complexity index is 911. The van der Waals surface area contributed by atoms with Crippen LogP contribution < -0.4 is 0 Å². The number of hydrogen-bond acceptors (Lipinski definition) is 4. The van der Waals surface area contributed by atoms with E-state index in [0.717, 1.165) is 16.0 Å². The van der Waals surface area contributed by atoms with Gasteiger partial charge in [0.2, 0.25) is 5.91 Å². The zero-order valence-electron chi connectivity index (χ0n) is 15.0. The second-order valence-electron chi connectivity index (χ2n) is 6.79. The van der Waals surface area contributed by atoms with Crippen LogP contribution in [-0.2, 0) is 21.2 Å². The number of benzene rings is 1. The van der Waals surface area contributed by atoms with Gasteiger partial charge < -0.3 is 4.90 Å². The number of rotatable bonds is 5. The molecule has 1 unspecified atom stereocenters. The van der Waals surface area contributed by atoms with Gasteiger partial charge in [-0.3, -0.25) is 4.79 Å². The standard InChI is InChI=1S/C20H23NO3S2/c1-15-3-5-17(6-4-15)7-8-20(22)21(13-19-16(2)9-11-25-19)18-10-12-26(23,24)14-18/h3-9,11,18H,10,12-14H2,1-2H3. The number of aryl methyl sites for hydroxylation is 2. The number of carbonyl (C=O) groups is 1. The fraction of sp³-hybridized carbons (Fsp3) is 0.350. The second-order valence-corrected chi connectivity index (χ2v) is 10.0. The molecule has 1 saturated heterocycles. The predicted molar refractivity (Wildman–Crippen MR) is 107 cm³/mol. The number of amides is 1. The molecule has 138 valence electrons. The molecule has 1 aromatic carbocycles. The fourth-order valence-electron chi connectivity index (χ4n) is 3.07. The van der Waals surface area contributed by atoms with Gasteiger partial charge >= 0.3 is 0 Å². The lowest BCUT2D eigenvalue weighted by Gasteiger charge is -2.27. The average molecular weight is 390 g/mol. The van der Waals surface area contributed by atoms with Crippen molar-refractivity contribution >= 4 is 33.2 Å². The summed E-state index contributed by atoms with van der Waals surface area (Å²) in [4.78, 5) is 15.7. The van der Waals surface area contributed by atoms with E-state index in [1.165, 1.54) is 5.56 Å². The first-order valence-electron chi connectivity index (χ1n) is 8.63. The molecule has 6 heteroatoms. The number of carbonyl (C=O) groups excluding carboxylic acids is 1. The van der Waals surface area contributed by atoms with Gasteiger partial charge in [0.15, 0.2) is 9.84 Å². The first-order valence-corrected chi connectivity index (χ1v) is 11.3. The van der Waals surface area contributed by atoms with E-state index >= 15 is 0 Å². The lowest BCUT2D eigenvalue weighted by atomic mass is 10.1. The molecule has 0 N–H and O–H groups in total. The van der Waals surface area contributed by atoms with Crippen molar-refractivity contribution < 1.29 is 13.2 Å². The summed E-state index contributed by atoms with van der Waals surface area (Å²) in [5, 5.41) is 2.00. The Hall–Kier alpha value is -1.92. The van der Waals surface area contributed by atoms with E-state index in [1.54, 1.807) is 28.4 Å². The van der Waals surface area contributed by atoms with Crippen molar-refractivity contribution in [3.63, 3.8) is 0 Å². The molecule has 26 heavy (non-hydrogen) atoms. The molecule has 1 fully saturated rings. The molecule has 2 aromatic rings. The Kier molecular flexibility index (Phi) is 5.63. The van der Waals surface area contributed by atoms with Crippen molar-refractivity contribution in [1.29, 1.82) is 0 Å². The van der Waals surface area contributed by atoms with Crippen LogP contribution in [0.5, 0.6) is 0 Å². The van der Waals surface area contributed by atoms with Crippen molar-refractivity contribution in [2.75, 3.05) is 11.5 Å². The van der Waals surface area contributed by atoms with Crippen LogP contribution in [0, 0.1) is 13.8 Å². The molecule has 4 nitrogen and oxygen atoms in total. The SMILES string of the molecule is Cc1ccc(C=CC(=O)N(Cc2sccc2C)C2CCS(=O)(=O)C2)cc1. The molecule has 1 aromatic heterocycles. The smallest absolute Gasteiger partial charge is 0.247 e. The second kappa shape index (κ2) is 7.76. The van der Waals surface area contributed by atoms with Crippen LogP contribution in [0.25, 0.3) is 6.08 Å². The van der Waals surface area contributed by atoms with Gasteiger partial charge in [-0.05, 0) is 48.9 Å². The zero-order chi connectivity index (χ0) is 18.7. The van der Waals surface area contributed by atoms with E-state index in [1.807, 2.05) is 49.6 Å². The normalized spacial score (nSPS) is 19.1. The van der Waals surface area contributed by atoms with Gasteiger partial charge in [-0.15, -0.1) is 11.3 Å². The van der Waals surface area contributed by atoms with Crippen LogP contribution in [-0.4, -0.2) is 36.8 Å². The Balaban J connectivity index is 1.81. The highest BCUT2D eigenvalue weighted by atomic mass is 32.2. The lowest BCUT2D eigenvalue weighted by Crippen LogP contribution is -2.39. The summed E-state index contributed by atoms with van der Waals surface area (Å²) >= 11 is 1.60. The Morgan fingerprint density at radius 1 is 1.23 bits per heavy atom. The summed E-state index contributed by atoms with van der Waals surface area (Å²) in [6.07, 6.45) is 3.86. The summed E-state index contributed by atoms with van der Waals surface area (Å²) in [5.74, 6) is 0.0779. The van der Waals surface area contributed by atoms with Crippen molar-refractivity contribution in [1.82, 2.24) is 4.90 Å². The molecular formula is C20H23NO3S2. The molecular weight excluding hydrogens is 366 g/mol. The maximum atomic E-state index is 12.9. The van der Waals surface area contributed by atoms with E-state index in [0.29, 0.717) is 13.0 Å². The first-order chi connectivity index (χ1) is 12.3. The lowest BCUT2D eigenvalue weighted by molar-refractivity contribution is -0.128. The third-order valence-corrected chi connectivity index (χ3v) is 7.47. The number of hydrogen-bond donors (Lipinski definition) is 0. The third-order valence-electron chi connectivity index (χ3n) is 4.71. The van der Waals surface area contributed by atoms with Crippen LogP contribution in [0.3, 0.4) is 0 Å². The van der Waals surface area contributed by atoms with Crippen LogP contribution >= 0.6 is 11.3 Å². The van der Waals surface area contributed by atoms with E-state index in [2.05, 4.69) is 0 Å². The van der Waals surface area contributed by atoms with E-state index in [4.69, 9.17) is 0 Å². The van der Waals surface area contributed by atoms with Gasteiger partial charge in [0.05, 0.1) is 18.1 Å². The van der Waals surface area contributed by atoms with E-state index in [-0.39, 0.29) is 23.5 Å². The molecule has 2 heterocycles. The third kappa shape index (κ3) is 4.62. The fourth-order valence-corrected chi connectivity index (χ4v) is 5.70. The van der Waals surface area contributed by atoms with Crippen LogP contribution in [0.1, 0.15) is 28.0 Å². The summed E-state index contributed by atoms with van der Waals surface area (Å²) in [5.41, 5.74) is 3.26. The molecule has 0 radical (unpaired) electrons. The largest absolute Gasteiger partial charge is 0.330 e. The summed E-state index contributed by atoms with van der Waals surface area (Å²) in [6, 6.07) is 9.70.